The van der Waals surface area contributed by atoms with Crippen LogP contribution in [0.25, 0.3) is 0 Å². The van der Waals surface area contributed by atoms with Crippen molar-refractivity contribution in [1.29, 1.82) is 0 Å². The van der Waals surface area contributed by atoms with Crippen molar-refractivity contribution in [2.24, 2.45) is 0 Å². The SMILES string of the molecule is COCC(Nc1ccccc1C)(C(=O)O)c1ccccc1. The first-order valence-electron chi connectivity index (χ1n) is 6.72. The lowest BCUT2D eigenvalue weighted by Crippen LogP contribution is -2.47. The first kappa shape index (κ1) is 15.1. The number of carbonyl (C=O) groups is 1. The fourth-order valence-corrected chi connectivity index (χ4v) is 2.31. The van der Waals surface area contributed by atoms with Gasteiger partial charge in [0.1, 0.15) is 0 Å². The number of carboxylic acid groups (broad SMARTS) is 1. The molecule has 2 N–H and O–H groups in total. The smallest absolute Gasteiger partial charge is 0.336 e. The lowest BCUT2D eigenvalue weighted by atomic mass is 9.90. The second kappa shape index (κ2) is 6.41. The van der Waals surface area contributed by atoms with E-state index in [1.165, 1.54) is 7.11 Å². The number of benzene rings is 2. The van der Waals surface area contributed by atoms with E-state index in [0.29, 0.717) is 5.56 Å². The van der Waals surface area contributed by atoms with Gasteiger partial charge in [-0.2, -0.15) is 0 Å². The van der Waals surface area contributed by atoms with Crippen LogP contribution in [0, 0.1) is 6.92 Å². The molecule has 2 rings (SSSR count). The third kappa shape index (κ3) is 3.06. The van der Waals surface area contributed by atoms with Crippen molar-refractivity contribution >= 4 is 11.7 Å². The van der Waals surface area contributed by atoms with Gasteiger partial charge in [-0.3, -0.25) is 0 Å². The Hall–Kier alpha value is -2.33. The quantitative estimate of drug-likeness (QED) is 0.856. The van der Waals surface area contributed by atoms with Gasteiger partial charge in [-0.15, -0.1) is 0 Å². The molecule has 0 aliphatic rings. The number of aryl methyl sites for hydroxylation is 1. The molecule has 0 saturated carbocycles. The van der Waals surface area contributed by atoms with Crippen molar-refractivity contribution in [1.82, 2.24) is 0 Å². The van der Waals surface area contributed by atoms with Gasteiger partial charge in [0, 0.05) is 12.8 Å². The van der Waals surface area contributed by atoms with E-state index in [4.69, 9.17) is 4.74 Å². The van der Waals surface area contributed by atoms with Crippen LogP contribution in [0.15, 0.2) is 54.6 Å². The predicted octanol–water partition coefficient (Wildman–Crippen LogP) is 3.03. The maximum atomic E-state index is 12.0. The number of hydrogen-bond donors (Lipinski definition) is 2. The van der Waals surface area contributed by atoms with Gasteiger partial charge in [0.2, 0.25) is 0 Å². The van der Waals surface area contributed by atoms with E-state index in [0.717, 1.165) is 11.3 Å². The minimum Gasteiger partial charge on any atom is -0.479 e. The molecule has 2 aromatic rings. The molecule has 0 aromatic heterocycles. The maximum absolute atomic E-state index is 12.0. The van der Waals surface area contributed by atoms with Crippen molar-refractivity contribution < 1.29 is 14.6 Å². The average Bonchev–Trinajstić information content (AvgIpc) is 2.49. The molecule has 0 radical (unpaired) electrons. The van der Waals surface area contributed by atoms with Crippen LogP contribution in [0.5, 0.6) is 0 Å². The van der Waals surface area contributed by atoms with Gasteiger partial charge in [0.05, 0.1) is 6.61 Å². The topological polar surface area (TPSA) is 58.6 Å². The van der Waals surface area contributed by atoms with Gasteiger partial charge in [-0.25, -0.2) is 4.79 Å². The van der Waals surface area contributed by atoms with Crippen molar-refractivity contribution in [3.8, 4) is 0 Å². The number of hydrogen-bond acceptors (Lipinski definition) is 3. The summed E-state index contributed by atoms with van der Waals surface area (Å²) in [7, 11) is 1.50. The van der Waals surface area contributed by atoms with Crippen molar-refractivity contribution in [3.05, 3.63) is 65.7 Å². The van der Waals surface area contributed by atoms with Gasteiger partial charge < -0.3 is 15.2 Å². The molecule has 0 aliphatic carbocycles. The molecule has 0 spiro atoms. The summed E-state index contributed by atoms with van der Waals surface area (Å²) in [5.41, 5.74) is 1.10. The Morgan fingerprint density at radius 2 is 1.76 bits per heavy atom. The number of carboxylic acids is 1. The zero-order chi connectivity index (χ0) is 15.3. The Labute approximate surface area is 124 Å². The highest BCUT2D eigenvalue weighted by atomic mass is 16.5. The summed E-state index contributed by atoms with van der Waals surface area (Å²) in [6.45, 7) is 1.97. The molecular formula is C17H19NO3. The van der Waals surface area contributed by atoms with Crippen LogP contribution in [0.4, 0.5) is 5.69 Å². The first-order valence-corrected chi connectivity index (χ1v) is 6.72. The molecule has 0 saturated heterocycles. The third-order valence-corrected chi connectivity index (χ3v) is 3.49. The summed E-state index contributed by atoms with van der Waals surface area (Å²) < 4.78 is 5.19. The Bertz CT molecular complexity index is 612. The molecule has 0 bridgehead atoms. The second-order valence-electron chi connectivity index (χ2n) is 4.95. The molecular weight excluding hydrogens is 266 g/mol. The summed E-state index contributed by atoms with van der Waals surface area (Å²) in [6.07, 6.45) is 0. The number of methoxy groups -OCH3 is 1. The lowest BCUT2D eigenvalue weighted by molar-refractivity contribution is -0.144. The number of aliphatic carboxylic acids is 1. The molecule has 0 amide bonds. The highest BCUT2D eigenvalue weighted by molar-refractivity contribution is 5.85. The largest absolute Gasteiger partial charge is 0.479 e. The monoisotopic (exact) mass is 285 g/mol. The zero-order valence-electron chi connectivity index (χ0n) is 12.2. The maximum Gasteiger partial charge on any atom is 0.336 e. The Morgan fingerprint density at radius 1 is 1.14 bits per heavy atom. The Kier molecular flexibility index (Phi) is 4.60. The van der Waals surface area contributed by atoms with Crippen LogP contribution in [0.1, 0.15) is 11.1 Å². The van der Waals surface area contributed by atoms with Crippen molar-refractivity contribution in [2.45, 2.75) is 12.5 Å². The van der Waals surface area contributed by atoms with Gasteiger partial charge in [0.25, 0.3) is 0 Å². The zero-order valence-corrected chi connectivity index (χ0v) is 12.2. The van der Waals surface area contributed by atoms with Crippen LogP contribution >= 0.6 is 0 Å². The first-order chi connectivity index (χ1) is 10.1. The van der Waals surface area contributed by atoms with E-state index in [9.17, 15) is 9.90 Å². The Balaban J connectivity index is 2.50. The summed E-state index contributed by atoms with van der Waals surface area (Å²) >= 11 is 0. The average molecular weight is 285 g/mol. The molecule has 21 heavy (non-hydrogen) atoms. The van der Waals surface area contributed by atoms with Gasteiger partial charge in [-0.05, 0) is 24.1 Å². The lowest BCUT2D eigenvalue weighted by Gasteiger charge is -2.32. The highest BCUT2D eigenvalue weighted by Gasteiger charge is 2.41. The van der Waals surface area contributed by atoms with E-state index in [1.54, 1.807) is 12.1 Å². The highest BCUT2D eigenvalue weighted by Crippen LogP contribution is 2.29. The van der Waals surface area contributed by atoms with Gasteiger partial charge in [-0.1, -0.05) is 48.5 Å². The molecule has 1 atom stereocenters. The van der Waals surface area contributed by atoms with Crippen molar-refractivity contribution in [3.63, 3.8) is 0 Å². The van der Waals surface area contributed by atoms with Crippen LogP contribution in [-0.4, -0.2) is 24.8 Å². The van der Waals surface area contributed by atoms with Crippen LogP contribution in [0.2, 0.25) is 0 Å². The van der Waals surface area contributed by atoms with Gasteiger partial charge in [0.15, 0.2) is 5.54 Å². The molecule has 110 valence electrons. The van der Waals surface area contributed by atoms with E-state index in [1.807, 2.05) is 49.4 Å². The molecule has 2 aromatic carbocycles. The summed E-state index contributed by atoms with van der Waals surface area (Å²) in [6, 6.07) is 16.7. The molecule has 0 fully saturated rings. The summed E-state index contributed by atoms with van der Waals surface area (Å²) in [5.74, 6) is -0.973. The van der Waals surface area contributed by atoms with E-state index >= 15 is 0 Å². The minimum atomic E-state index is -1.32. The van der Waals surface area contributed by atoms with E-state index in [2.05, 4.69) is 5.32 Å². The molecule has 0 aliphatic heterocycles. The minimum absolute atomic E-state index is 0.0285. The Morgan fingerprint density at radius 3 is 2.33 bits per heavy atom. The van der Waals surface area contributed by atoms with Crippen LogP contribution < -0.4 is 5.32 Å². The number of para-hydroxylation sites is 1. The molecule has 4 nitrogen and oxygen atoms in total. The predicted molar refractivity (Wildman–Crippen MR) is 82.4 cm³/mol. The normalized spacial score (nSPS) is 13.4. The van der Waals surface area contributed by atoms with Gasteiger partial charge >= 0.3 is 5.97 Å². The van der Waals surface area contributed by atoms with E-state index in [-0.39, 0.29) is 6.61 Å². The summed E-state index contributed by atoms with van der Waals surface area (Å²) in [4.78, 5) is 12.0. The number of anilines is 1. The number of rotatable bonds is 6. The van der Waals surface area contributed by atoms with E-state index < -0.39 is 11.5 Å². The standard InChI is InChI=1S/C17H19NO3/c1-13-8-6-7-11-15(13)18-17(12-21-2,16(19)20)14-9-4-3-5-10-14/h3-11,18H,12H2,1-2H3,(H,19,20). The molecule has 0 heterocycles. The summed E-state index contributed by atoms with van der Waals surface area (Å²) in [5, 5.41) is 13.0. The number of ether oxygens (including phenoxy) is 1. The van der Waals surface area contributed by atoms with Crippen LogP contribution in [0.3, 0.4) is 0 Å². The molecule has 4 heteroatoms. The fraction of sp³-hybridized carbons (Fsp3) is 0.235. The molecule has 1 unspecified atom stereocenters. The van der Waals surface area contributed by atoms with Crippen LogP contribution in [-0.2, 0) is 15.1 Å². The third-order valence-electron chi connectivity index (χ3n) is 3.49. The van der Waals surface area contributed by atoms with Crippen molar-refractivity contribution in [2.75, 3.05) is 19.0 Å². The fourth-order valence-electron chi connectivity index (χ4n) is 2.31. The second-order valence-corrected chi connectivity index (χ2v) is 4.95. The number of nitrogens with one attached hydrogen (secondary N) is 1.